The fourth-order valence-electron chi connectivity index (χ4n) is 4.06. The Kier molecular flexibility index (Phi) is 10.9. The maximum atomic E-state index is 13.4. The molecule has 0 radical (unpaired) electrons. The minimum absolute atomic E-state index is 0.0592. The molecule has 0 saturated carbocycles. The zero-order valence-corrected chi connectivity index (χ0v) is 25.6. The number of thioether (sulfide) groups is 1. The first-order valence-corrected chi connectivity index (χ1v) is 15.0. The van der Waals surface area contributed by atoms with Gasteiger partial charge in [-0.3, -0.25) is 19.2 Å². The van der Waals surface area contributed by atoms with Gasteiger partial charge in [0, 0.05) is 20.6 Å². The van der Waals surface area contributed by atoms with Crippen LogP contribution in [0.1, 0.15) is 39.6 Å². The van der Waals surface area contributed by atoms with Crippen LogP contribution in [0.25, 0.3) is 6.08 Å². The SMILES string of the molecule is CCC(Sc1cccc(NC(=O)/C(=C\c2cccc(Br)c2)NC(=O)c2ccccc2)c1)C(=O)Nc1ccccc1C(N)=O. The van der Waals surface area contributed by atoms with Crippen molar-refractivity contribution in [3.05, 3.63) is 130 Å². The summed E-state index contributed by atoms with van der Waals surface area (Å²) in [4.78, 5) is 52.0. The molecule has 218 valence electrons. The number of para-hydroxylation sites is 1. The molecule has 43 heavy (non-hydrogen) atoms. The van der Waals surface area contributed by atoms with E-state index in [1.165, 1.54) is 11.8 Å². The fraction of sp³-hybridized carbons (Fsp3) is 0.0909. The molecular formula is C33H29BrN4O4S. The van der Waals surface area contributed by atoms with E-state index in [1.807, 2.05) is 37.3 Å². The predicted molar refractivity (Wildman–Crippen MR) is 175 cm³/mol. The molecule has 1 unspecified atom stereocenters. The van der Waals surface area contributed by atoms with Crippen LogP contribution in [0.3, 0.4) is 0 Å². The summed E-state index contributed by atoms with van der Waals surface area (Å²) in [7, 11) is 0. The quantitative estimate of drug-likeness (QED) is 0.109. The van der Waals surface area contributed by atoms with Crippen LogP contribution in [0.4, 0.5) is 11.4 Å². The molecule has 0 saturated heterocycles. The van der Waals surface area contributed by atoms with E-state index in [9.17, 15) is 19.2 Å². The van der Waals surface area contributed by atoms with Crippen LogP contribution < -0.4 is 21.7 Å². The Morgan fingerprint density at radius 2 is 1.58 bits per heavy atom. The first kappa shape index (κ1) is 31.3. The first-order chi connectivity index (χ1) is 20.7. The zero-order valence-electron chi connectivity index (χ0n) is 23.2. The van der Waals surface area contributed by atoms with Crippen LogP contribution in [0.15, 0.2) is 118 Å². The smallest absolute Gasteiger partial charge is 0.272 e. The maximum Gasteiger partial charge on any atom is 0.272 e. The third-order valence-corrected chi connectivity index (χ3v) is 8.02. The van der Waals surface area contributed by atoms with Crippen molar-refractivity contribution in [3.63, 3.8) is 0 Å². The van der Waals surface area contributed by atoms with Crippen LogP contribution in [0.2, 0.25) is 0 Å². The molecule has 4 aromatic carbocycles. The molecule has 0 heterocycles. The molecule has 4 aromatic rings. The van der Waals surface area contributed by atoms with Gasteiger partial charge in [0.25, 0.3) is 17.7 Å². The van der Waals surface area contributed by atoms with Gasteiger partial charge in [-0.15, -0.1) is 11.8 Å². The Labute approximate surface area is 262 Å². The van der Waals surface area contributed by atoms with Gasteiger partial charge in [-0.05, 0) is 72.7 Å². The molecule has 8 nitrogen and oxygen atoms in total. The van der Waals surface area contributed by atoms with E-state index >= 15 is 0 Å². The number of halogens is 1. The monoisotopic (exact) mass is 656 g/mol. The summed E-state index contributed by atoms with van der Waals surface area (Å²) in [6.45, 7) is 1.89. The van der Waals surface area contributed by atoms with E-state index in [1.54, 1.807) is 78.9 Å². The molecule has 0 spiro atoms. The Balaban J connectivity index is 1.51. The molecular weight excluding hydrogens is 628 g/mol. The van der Waals surface area contributed by atoms with E-state index in [0.717, 1.165) is 9.37 Å². The molecule has 0 aliphatic carbocycles. The van der Waals surface area contributed by atoms with Crippen molar-refractivity contribution in [2.24, 2.45) is 5.73 Å². The molecule has 0 aliphatic rings. The van der Waals surface area contributed by atoms with Crippen molar-refractivity contribution in [3.8, 4) is 0 Å². The van der Waals surface area contributed by atoms with Crippen LogP contribution in [-0.4, -0.2) is 28.9 Å². The van der Waals surface area contributed by atoms with E-state index in [4.69, 9.17) is 5.73 Å². The lowest BCUT2D eigenvalue weighted by atomic mass is 10.1. The van der Waals surface area contributed by atoms with Crippen molar-refractivity contribution < 1.29 is 19.2 Å². The first-order valence-electron chi connectivity index (χ1n) is 13.3. The zero-order chi connectivity index (χ0) is 30.8. The number of hydrogen-bond donors (Lipinski definition) is 4. The number of rotatable bonds is 11. The fourth-order valence-corrected chi connectivity index (χ4v) is 5.49. The van der Waals surface area contributed by atoms with Gasteiger partial charge in [-0.25, -0.2) is 0 Å². The van der Waals surface area contributed by atoms with Gasteiger partial charge in [-0.1, -0.05) is 71.4 Å². The molecule has 0 aliphatic heterocycles. The van der Waals surface area contributed by atoms with Gasteiger partial charge in [-0.2, -0.15) is 0 Å². The summed E-state index contributed by atoms with van der Waals surface area (Å²) in [5.41, 5.74) is 7.70. The minimum Gasteiger partial charge on any atom is -0.366 e. The maximum absolute atomic E-state index is 13.4. The van der Waals surface area contributed by atoms with Crippen molar-refractivity contribution in [2.75, 3.05) is 10.6 Å². The molecule has 1 atom stereocenters. The van der Waals surface area contributed by atoms with Gasteiger partial charge in [0.2, 0.25) is 5.91 Å². The largest absolute Gasteiger partial charge is 0.366 e. The van der Waals surface area contributed by atoms with E-state index in [2.05, 4.69) is 31.9 Å². The van der Waals surface area contributed by atoms with Gasteiger partial charge >= 0.3 is 0 Å². The van der Waals surface area contributed by atoms with Crippen LogP contribution in [0.5, 0.6) is 0 Å². The standard InChI is InChI=1S/C33H29BrN4O4S/c1-2-29(33(42)37-27-17-7-6-16-26(27)30(35)39)43-25-15-9-14-24(20-25)36-32(41)28(19-21-10-8-13-23(34)18-21)38-31(40)22-11-4-3-5-12-22/h3-20,29H,2H2,1H3,(H2,35,39)(H,36,41)(H,37,42)(H,38,40)/b28-19+. The number of anilines is 2. The van der Waals surface area contributed by atoms with Crippen LogP contribution in [0, 0.1) is 0 Å². The Morgan fingerprint density at radius 3 is 2.30 bits per heavy atom. The molecule has 5 N–H and O–H groups in total. The predicted octanol–water partition coefficient (Wildman–Crippen LogP) is 6.47. The number of hydrogen-bond acceptors (Lipinski definition) is 5. The lowest BCUT2D eigenvalue weighted by Crippen LogP contribution is -2.30. The normalized spacial score (nSPS) is 11.7. The second-order valence-electron chi connectivity index (χ2n) is 9.33. The molecule has 10 heteroatoms. The van der Waals surface area contributed by atoms with Crippen molar-refractivity contribution in [2.45, 2.75) is 23.5 Å². The highest BCUT2D eigenvalue weighted by atomic mass is 79.9. The third-order valence-electron chi connectivity index (χ3n) is 6.17. The van der Waals surface area contributed by atoms with E-state index < -0.39 is 23.0 Å². The second kappa shape index (κ2) is 15.0. The number of primary amides is 1. The number of amides is 4. The van der Waals surface area contributed by atoms with Gasteiger partial charge in [0.15, 0.2) is 0 Å². The van der Waals surface area contributed by atoms with Gasteiger partial charge in [0.1, 0.15) is 5.70 Å². The average Bonchev–Trinajstić information content (AvgIpc) is 3.00. The van der Waals surface area contributed by atoms with Crippen molar-refractivity contribution >= 4 is 68.8 Å². The molecule has 0 fully saturated rings. The molecule has 0 bridgehead atoms. The molecule has 4 amide bonds. The van der Waals surface area contributed by atoms with E-state index in [0.29, 0.717) is 28.9 Å². The number of carbonyl (C=O) groups excluding carboxylic acids is 4. The summed E-state index contributed by atoms with van der Waals surface area (Å²) < 4.78 is 0.827. The highest BCUT2D eigenvalue weighted by Crippen LogP contribution is 2.29. The highest BCUT2D eigenvalue weighted by Gasteiger charge is 2.21. The number of benzene rings is 4. The summed E-state index contributed by atoms with van der Waals surface area (Å²) in [5, 5.41) is 7.91. The Bertz CT molecular complexity index is 1680. The van der Waals surface area contributed by atoms with Gasteiger partial charge in [0.05, 0.1) is 16.5 Å². The lowest BCUT2D eigenvalue weighted by Gasteiger charge is -2.17. The van der Waals surface area contributed by atoms with Crippen LogP contribution >= 0.6 is 27.7 Å². The topological polar surface area (TPSA) is 130 Å². The second-order valence-corrected chi connectivity index (χ2v) is 11.5. The average molecular weight is 658 g/mol. The number of nitrogens with one attached hydrogen (secondary N) is 3. The third kappa shape index (κ3) is 8.91. The highest BCUT2D eigenvalue weighted by molar-refractivity contribution is 9.10. The van der Waals surface area contributed by atoms with Crippen molar-refractivity contribution in [1.82, 2.24) is 5.32 Å². The number of nitrogens with two attached hydrogens (primary N) is 1. The van der Waals surface area contributed by atoms with Gasteiger partial charge < -0.3 is 21.7 Å². The number of carbonyl (C=O) groups is 4. The summed E-state index contributed by atoms with van der Waals surface area (Å²) in [6.07, 6.45) is 2.11. The minimum atomic E-state index is -0.631. The van der Waals surface area contributed by atoms with Crippen molar-refractivity contribution in [1.29, 1.82) is 0 Å². The Hall–Kier alpha value is -4.67. The summed E-state index contributed by atoms with van der Waals surface area (Å²) in [6, 6.07) is 29.6. The molecule has 4 rings (SSSR count). The molecule has 0 aromatic heterocycles. The lowest BCUT2D eigenvalue weighted by molar-refractivity contribution is -0.116. The Morgan fingerprint density at radius 1 is 0.860 bits per heavy atom. The summed E-state index contributed by atoms with van der Waals surface area (Å²) in [5.74, 6) is -1.85. The van der Waals surface area contributed by atoms with Crippen LogP contribution in [-0.2, 0) is 9.59 Å². The summed E-state index contributed by atoms with van der Waals surface area (Å²) >= 11 is 4.76. The van der Waals surface area contributed by atoms with E-state index in [-0.39, 0.29) is 17.2 Å².